The summed E-state index contributed by atoms with van der Waals surface area (Å²) in [7, 11) is 0. The molecule has 2 nitrogen and oxygen atoms in total. The van der Waals surface area contributed by atoms with Gasteiger partial charge in [-0.2, -0.15) is 0 Å². The summed E-state index contributed by atoms with van der Waals surface area (Å²) in [5.41, 5.74) is 8.94. The maximum absolute atomic E-state index is 5.02. The van der Waals surface area contributed by atoms with Crippen molar-refractivity contribution in [3.8, 4) is 22.4 Å². The van der Waals surface area contributed by atoms with Crippen molar-refractivity contribution in [3.05, 3.63) is 96.2 Å². The average molecular weight is 360 g/mol. The van der Waals surface area contributed by atoms with E-state index in [1.807, 2.05) is 18.3 Å². The summed E-state index contributed by atoms with van der Waals surface area (Å²) in [6.45, 7) is 4.27. The number of rotatable bonds is 2. The van der Waals surface area contributed by atoms with Crippen LogP contribution in [0.4, 0.5) is 0 Å². The van der Waals surface area contributed by atoms with E-state index in [-0.39, 0.29) is 0 Å². The first kappa shape index (κ1) is 16.6. The molecule has 0 N–H and O–H groups in total. The fourth-order valence-corrected chi connectivity index (χ4v) is 3.82. The fraction of sp³-hybridized carbons (Fsp3) is 0.0769. The molecule has 2 heterocycles. The van der Waals surface area contributed by atoms with Crippen LogP contribution < -0.4 is 0 Å². The number of hydrogen-bond donors (Lipinski definition) is 0. The van der Waals surface area contributed by atoms with Crippen LogP contribution in [0.25, 0.3) is 44.2 Å². The lowest BCUT2D eigenvalue weighted by Crippen LogP contribution is -1.92. The van der Waals surface area contributed by atoms with E-state index in [1.54, 1.807) is 0 Å². The van der Waals surface area contributed by atoms with E-state index >= 15 is 0 Å². The minimum absolute atomic E-state index is 0.975. The number of aromatic nitrogens is 2. The Bertz CT molecular complexity index is 1300. The molecule has 2 aromatic heterocycles. The van der Waals surface area contributed by atoms with Gasteiger partial charge in [-0.05, 0) is 48.2 Å². The van der Waals surface area contributed by atoms with Gasteiger partial charge in [-0.3, -0.25) is 4.98 Å². The van der Waals surface area contributed by atoms with Crippen LogP contribution in [0.2, 0.25) is 0 Å². The van der Waals surface area contributed by atoms with Crippen LogP contribution >= 0.6 is 0 Å². The molecular formula is C26H20N2. The summed E-state index contributed by atoms with van der Waals surface area (Å²) < 4.78 is 0. The quantitative estimate of drug-likeness (QED) is 0.326. The van der Waals surface area contributed by atoms with E-state index in [9.17, 15) is 0 Å². The molecule has 2 heteroatoms. The standard InChI is InChI=1S/C26H20N2/c1-17-14-15-27-25-22(17)12-13-23-18(2)16-24(28-26(23)25)21-10-8-20(9-11-21)19-6-4-3-5-7-19/h3-16H,1-2H3. The van der Waals surface area contributed by atoms with Gasteiger partial charge < -0.3 is 0 Å². The van der Waals surface area contributed by atoms with Crippen molar-refractivity contribution in [1.29, 1.82) is 0 Å². The van der Waals surface area contributed by atoms with Crippen LogP contribution in [0.15, 0.2) is 85.1 Å². The number of hydrogen-bond acceptors (Lipinski definition) is 2. The maximum Gasteiger partial charge on any atom is 0.0974 e. The molecule has 0 unspecified atom stereocenters. The highest BCUT2D eigenvalue weighted by atomic mass is 14.8. The Labute approximate surface area is 164 Å². The van der Waals surface area contributed by atoms with Gasteiger partial charge in [0.25, 0.3) is 0 Å². The highest BCUT2D eigenvalue weighted by molar-refractivity contribution is 6.05. The van der Waals surface area contributed by atoms with Crippen molar-refractivity contribution in [1.82, 2.24) is 9.97 Å². The number of nitrogens with zero attached hydrogens (tertiary/aromatic N) is 2. The molecule has 5 rings (SSSR count). The molecule has 0 aliphatic rings. The van der Waals surface area contributed by atoms with Gasteiger partial charge in [-0.25, -0.2) is 4.98 Å². The first-order valence-electron chi connectivity index (χ1n) is 9.52. The zero-order valence-corrected chi connectivity index (χ0v) is 16.0. The molecule has 3 aromatic carbocycles. The Morgan fingerprint density at radius 2 is 1.21 bits per heavy atom. The van der Waals surface area contributed by atoms with Crippen molar-refractivity contribution in [2.75, 3.05) is 0 Å². The second-order valence-corrected chi connectivity index (χ2v) is 7.25. The van der Waals surface area contributed by atoms with E-state index in [4.69, 9.17) is 4.98 Å². The summed E-state index contributed by atoms with van der Waals surface area (Å²) in [5.74, 6) is 0. The van der Waals surface area contributed by atoms with Crippen molar-refractivity contribution in [3.63, 3.8) is 0 Å². The molecule has 5 aromatic rings. The summed E-state index contributed by atoms with van der Waals surface area (Å²) in [6.07, 6.45) is 1.87. The van der Waals surface area contributed by atoms with Crippen LogP contribution in [0, 0.1) is 13.8 Å². The third-order valence-corrected chi connectivity index (χ3v) is 5.40. The lowest BCUT2D eigenvalue weighted by atomic mass is 10.00. The Kier molecular flexibility index (Phi) is 3.91. The predicted octanol–water partition coefficient (Wildman–Crippen LogP) is 6.73. The van der Waals surface area contributed by atoms with Gasteiger partial charge in [0.1, 0.15) is 0 Å². The monoisotopic (exact) mass is 360 g/mol. The summed E-state index contributed by atoms with van der Waals surface area (Å²) in [4.78, 5) is 9.65. The SMILES string of the molecule is Cc1ccnc2c1ccc1c(C)cc(-c3ccc(-c4ccccc4)cc3)nc12. The Hall–Kier alpha value is -3.52. The summed E-state index contributed by atoms with van der Waals surface area (Å²) in [6, 6.07) is 27.6. The third-order valence-electron chi connectivity index (χ3n) is 5.40. The normalized spacial score (nSPS) is 11.2. The van der Waals surface area contributed by atoms with Crippen molar-refractivity contribution < 1.29 is 0 Å². The lowest BCUT2D eigenvalue weighted by molar-refractivity contribution is 1.33. The largest absolute Gasteiger partial charge is 0.254 e. The molecule has 0 radical (unpaired) electrons. The minimum Gasteiger partial charge on any atom is -0.254 e. The predicted molar refractivity (Wildman–Crippen MR) is 117 cm³/mol. The van der Waals surface area contributed by atoms with Crippen LogP contribution in [0.5, 0.6) is 0 Å². The number of benzene rings is 3. The highest BCUT2D eigenvalue weighted by Gasteiger charge is 2.10. The van der Waals surface area contributed by atoms with Gasteiger partial charge in [-0.1, -0.05) is 66.7 Å². The number of pyridine rings is 2. The zero-order chi connectivity index (χ0) is 19.1. The first-order chi connectivity index (χ1) is 13.7. The maximum atomic E-state index is 5.02. The number of aryl methyl sites for hydroxylation is 2. The second-order valence-electron chi connectivity index (χ2n) is 7.25. The van der Waals surface area contributed by atoms with Gasteiger partial charge in [-0.15, -0.1) is 0 Å². The summed E-state index contributed by atoms with van der Waals surface area (Å²) >= 11 is 0. The molecule has 0 bridgehead atoms. The molecule has 0 aliphatic carbocycles. The molecule has 134 valence electrons. The molecule has 0 atom stereocenters. The van der Waals surface area contributed by atoms with Crippen LogP contribution in [-0.2, 0) is 0 Å². The van der Waals surface area contributed by atoms with Crippen molar-refractivity contribution in [2.24, 2.45) is 0 Å². The zero-order valence-electron chi connectivity index (χ0n) is 16.0. The van der Waals surface area contributed by atoms with E-state index in [2.05, 4.69) is 85.6 Å². The van der Waals surface area contributed by atoms with Gasteiger partial charge in [0.2, 0.25) is 0 Å². The summed E-state index contributed by atoms with van der Waals surface area (Å²) in [5, 5.41) is 2.33. The second kappa shape index (κ2) is 6.58. The minimum atomic E-state index is 0.975. The molecule has 0 fully saturated rings. The number of fused-ring (bicyclic) bond motifs is 3. The third kappa shape index (κ3) is 2.74. The molecular weight excluding hydrogens is 340 g/mol. The van der Waals surface area contributed by atoms with E-state index in [1.165, 1.54) is 27.6 Å². The van der Waals surface area contributed by atoms with Gasteiger partial charge in [0, 0.05) is 22.5 Å². The van der Waals surface area contributed by atoms with E-state index in [0.717, 1.165) is 27.7 Å². The average Bonchev–Trinajstić information content (AvgIpc) is 2.74. The van der Waals surface area contributed by atoms with Crippen molar-refractivity contribution >= 4 is 21.8 Å². The Morgan fingerprint density at radius 3 is 1.96 bits per heavy atom. The van der Waals surface area contributed by atoms with Gasteiger partial charge in [0.15, 0.2) is 0 Å². The van der Waals surface area contributed by atoms with E-state index in [0.29, 0.717) is 0 Å². The van der Waals surface area contributed by atoms with Gasteiger partial charge in [0.05, 0.1) is 16.7 Å². The smallest absolute Gasteiger partial charge is 0.0974 e. The van der Waals surface area contributed by atoms with Crippen LogP contribution in [-0.4, -0.2) is 9.97 Å². The van der Waals surface area contributed by atoms with Crippen LogP contribution in [0.1, 0.15) is 11.1 Å². The molecule has 0 saturated heterocycles. The molecule has 0 saturated carbocycles. The first-order valence-corrected chi connectivity index (χ1v) is 9.52. The lowest BCUT2D eigenvalue weighted by Gasteiger charge is -2.10. The highest BCUT2D eigenvalue weighted by Crippen LogP contribution is 2.30. The topological polar surface area (TPSA) is 25.8 Å². The fourth-order valence-electron chi connectivity index (χ4n) is 3.82. The van der Waals surface area contributed by atoms with Crippen LogP contribution in [0.3, 0.4) is 0 Å². The molecule has 28 heavy (non-hydrogen) atoms. The van der Waals surface area contributed by atoms with Crippen molar-refractivity contribution in [2.45, 2.75) is 13.8 Å². The Morgan fingerprint density at radius 1 is 0.571 bits per heavy atom. The molecule has 0 aliphatic heterocycles. The molecule has 0 spiro atoms. The van der Waals surface area contributed by atoms with E-state index < -0.39 is 0 Å². The van der Waals surface area contributed by atoms with Gasteiger partial charge >= 0.3 is 0 Å². The molecule has 0 amide bonds. The Balaban J connectivity index is 1.67.